The van der Waals surface area contributed by atoms with Gasteiger partial charge >= 0.3 is 5.97 Å². The second-order valence-electron chi connectivity index (χ2n) is 7.62. The number of benzene rings is 1. The lowest BCUT2D eigenvalue weighted by Gasteiger charge is -2.15. The highest BCUT2D eigenvalue weighted by atomic mass is 32.1. The maximum Gasteiger partial charge on any atom is 0.348 e. The highest BCUT2D eigenvalue weighted by Crippen LogP contribution is 2.30. The van der Waals surface area contributed by atoms with Crippen LogP contribution in [0.4, 0.5) is 0 Å². The molecular weight excluding hydrogens is 358 g/mol. The van der Waals surface area contributed by atoms with Crippen LogP contribution in [-0.2, 0) is 28.8 Å². The smallest absolute Gasteiger partial charge is 0.348 e. The molecule has 1 aliphatic rings. The number of amides is 1. The zero-order chi connectivity index (χ0) is 19.4. The van der Waals surface area contributed by atoms with E-state index in [4.69, 9.17) is 4.74 Å². The van der Waals surface area contributed by atoms with Gasteiger partial charge in [0.25, 0.3) is 5.91 Å². The molecule has 1 aromatic heterocycles. The predicted molar refractivity (Wildman–Crippen MR) is 108 cm³/mol. The van der Waals surface area contributed by atoms with Gasteiger partial charge in [0, 0.05) is 4.88 Å². The van der Waals surface area contributed by atoms with Gasteiger partial charge in [0.1, 0.15) is 4.88 Å². The molecule has 1 atom stereocenters. The van der Waals surface area contributed by atoms with Crippen molar-refractivity contribution in [2.75, 3.05) is 6.61 Å². The molecule has 1 heterocycles. The van der Waals surface area contributed by atoms with Crippen molar-refractivity contribution in [3.63, 3.8) is 0 Å². The molecule has 4 nitrogen and oxygen atoms in total. The van der Waals surface area contributed by atoms with E-state index in [0.29, 0.717) is 10.8 Å². The quantitative estimate of drug-likeness (QED) is 0.716. The number of hydrogen-bond acceptors (Lipinski definition) is 4. The van der Waals surface area contributed by atoms with Crippen LogP contribution in [0, 0.1) is 5.92 Å². The number of nitrogens with one attached hydrogen (secondary N) is 1. The first-order chi connectivity index (χ1) is 12.9. The minimum atomic E-state index is -0.407. The Morgan fingerprint density at radius 3 is 2.56 bits per heavy atom. The molecule has 0 radical (unpaired) electrons. The Morgan fingerprint density at radius 2 is 1.89 bits per heavy atom. The largest absolute Gasteiger partial charge is 0.451 e. The van der Waals surface area contributed by atoms with Gasteiger partial charge in [0.15, 0.2) is 6.61 Å². The average molecular weight is 386 g/mol. The molecule has 3 rings (SSSR count). The van der Waals surface area contributed by atoms with Crippen molar-refractivity contribution in [3.05, 3.63) is 56.8 Å². The molecule has 5 heteroatoms. The van der Waals surface area contributed by atoms with E-state index in [1.807, 2.05) is 25.1 Å². The number of ether oxygens (including phenoxy) is 1. The second-order valence-corrected chi connectivity index (χ2v) is 8.75. The summed E-state index contributed by atoms with van der Waals surface area (Å²) in [5, 5.41) is 2.89. The Kier molecular flexibility index (Phi) is 6.32. The van der Waals surface area contributed by atoms with Crippen molar-refractivity contribution < 1.29 is 14.3 Å². The number of fused-ring (bicyclic) bond motifs is 1. The van der Waals surface area contributed by atoms with Gasteiger partial charge in [0.2, 0.25) is 0 Å². The zero-order valence-corrected chi connectivity index (χ0v) is 17.0. The minimum absolute atomic E-state index is 0.130. The fourth-order valence-corrected chi connectivity index (χ4v) is 4.56. The number of carbonyl (C=O) groups excluding carboxylic acids is 2. The minimum Gasteiger partial charge on any atom is -0.451 e. The first-order valence-electron chi connectivity index (χ1n) is 9.59. The van der Waals surface area contributed by atoms with Crippen LogP contribution in [0.25, 0.3) is 0 Å². The third-order valence-corrected chi connectivity index (χ3v) is 6.00. The maximum atomic E-state index is 12.1. The Hall–Kier alpha value is -2.14. The van der Waals surface area contributed by atoms with Gasteiger partial charge in [-0.3, -0.25) is 4.79 Å². The summed E-state index contributed by atoms with van der Waals surface area (Å²) in [5.41, 5.74) is 3.59. The summed E-state index contributed by atoms with van der Waals surface area (Å²) in [6.07, 6.45) is 4.28. The van der Waals surface area contributed by atoms with E-state index < -0.39 is 5.97 Å². The van der Waals surface area contributed by atoms with Gasteiger partial charge in [-0.05, 0) is 61.3 Å². The fraction of sp³-hybridized carbons (Fsp3) is 0.455. The lowest BCUT2D eigenvalue weighted by Crippen LogP contribution is -2.31. The summed E-state index contributed by atoms with van der Waals surface area (Å²) in [7, 11) is 0. The third-order valence-electron chi connectivity index (χ3n) is 4.78. The van der Waals surface area contributed by atoms with E-state index in [1.54, 1.807) is 0 Å². The van der Waals surface area contributed by atoms with Crippen molar-refractivity contribution in [1.29, 1.82) is 0 Å². The van der Waals surface area contributed by atoms with E-state index in [1.165, 1.54) is 27.3 Å². The maximum absolute atomic E-state index is 12.1. The van der Waals surface area contributed by atoms with E-state index in [9.17, 15) is 9.59 Å². The molecule has 144 valence electrons. The molecule has 0 bridgehead atoms. The zero-order valence-electron chi connectivity index (χ0n) is 16.2. The SMILES string of the molecule is CC(C)Cc1ccc([C@@H](C)NC(=O)COC(=O)c2cc3c(s2)CCC3)cc1. The van der Waals surface area contributed by atoms with Crippen molar-refractivity contribution in [3.8, 4) is 0 Å². The van der Waals surface area contributed by atoms with Crippen LogP contribution in [-0.4, -0.2) is 18.5 Å². The van der Waals surface area contributed by atoms with Crippen LogP contribution in [0.3, 0.4) is 0 Å². The molecule has 0 saturated heterocycles. The Balaban J connectivity index is 1.47. The van der Waals surface area contributed by atoms with Crippen LogP contribution < -0.4 is 5.32 Å². The molecule has 1 amide bonds. The van der Waals surface area contributed by atoms with Gasteiger partial charge in [0.05, 0.1) is 6.04 Å². The van der Waals surface area contributed by atoms with Crippen molar-refractivity contribution >= 4 is 23.2 Å². The highest BCUT2D eigenvalue weighted by molar-refractivity contribution is 7.14. The molecule has 0 aliphatic heterocycles. The first kappa shape index (κ1) is 19.6. The summed E-state index contributed by atoms with van der Waals surface area (Å²) in [4.78, 5) is 26.2. The molecule has 0 spiro atoms. The number of thiophene rings is 1. The van der Waals surface area contributed by atoms with Gasteiger partial charge in [-0.15, -0.1) is 11.3 Å². The van der Waals surface area contributed by atoms with Crippen LogP contribution in [0.1, 0.15) is 64.5 Å². The summed E-state index contributed by atoms with van der Waals surface area (Å²) in [6.45, 7) is 6.07. The molecular formula is C22H27NO3S. The van der Waals surface area contributed by atoms with Crippen LogP contribution in [0.2, 0.25) is 0 Å². The first-order valence-corrected chi connectivity index (χ1v) is 10.4. The van der Waals surface area contributed by atoms with E-state index in [0.717, 1.165) is 31.2 Å². The van der Waals surface area contributed by atoms with E-state index in [-0.39, 0.29) is 18.6 Å². The molecule has 2 aromatic rings. The Bertz CT molecular complexity index is 786. The summed E-state index contributed by atoms with van der Waals surface area (Å²) in [5.74, 6) is -0.0753. The monoisotopic (exact) mass is 385 g/mol. The molecule has 0 fully saturated rings. The summed E-state index contributed by atoms with van der Waals surface area (Å²) < 4.78 is 5.19. The molecule has 1 aromatic carbocycles. The lowest BCUT2D eigenvalue weighted by atomic mass is 10.00. The summed E-state index contributed by atoms with van der Waals surface area (Å²) in [6, 6.07) is 10.1. The predicted octanol–water partition coefficient (Wildman–Crippen LogP) is 4.47. The Morgan fingerprint density at radius 1 is 1.15 bits per heavy atom. The van der Waals surface area contributed by atoms with Crippen LogP contribution in [0.5, 0.6) is 0 Å². The standard InChI is InChI=1S/C22H27NO3S/c1-14(2)11-16-7-9-17(10-8-16)15(3)23-21(24)13-26-22(25)20-12-18-5-4-6-19(18)27-20/h7-10,12,14-15H,4-6,11,13H2,1-3H3,(H,23,24)/t15-/m1/s1. The van der Waals surface area contributed by atoms with E-state index in [2.05, 4.69) is 31.3 Å². The van der Waals surface area contributed by atoms with E-state index >= 15 is 0 Å². The topological polar surface area (TPSA) is 55.4 Å². The molecule has 27 heavy (non-hydrogen) atoms. The van der Waals surface area contributed by atoms with Gasteiger partial charge < -0.3 is 10.1 Å². The number of aryl methyl sites for hydroxylation is 2. The summed E-state index contributed by atoms with van der Waals surface area (Å²) >= 11 is 1.49. The molecule has 0 saturated carbocycles. The average Bonchev–Trinajstić information content (AvgIpc) is 3.21. The van der Waals surface area contributed by atoms with Gasteiger partial charge in [-0.25, -0.2) is 4.79 Å². The van der Waals surface area contributed by atoms with Gasteiger partial charge in [-0.2, -0.15) is 0 Å². The van der Waals surface area contributed by atoms with Crippen molar-refractivity contribution in [1.82, 2.24) is 5.32 Å². The third kappa shape index (κ3) is 5.19. The van der Waals surface area contributed by atoms with Crippen LogP contribution in [0.15, 0.2) is 30.3 Å². The lowest BCUT2D eigenvalue weighted by molar-refractivity contribution is -0.124. The number of esters is 1. The van der Waals surface area contributed by atoms with Crippen molar-refractivity contribution in [2.45, 2.75) is 52.5 Å². The molecule has 1 N–H and O–H groups in total. The molecule has 1 aliphatic carbocycles. The normalized spacial score (nSPS) is 14.1. The Labute approximate surface area is 164 Å². The highest BCUT2D eigenvalue weighted by Gasteiger charge is 2.20. The number of hydrogen-bond donors (Lipinski definition) is 1. The number of rotatable bonds is 7. The fourth-order valence-electron chi connectivity index (χ4n) is 3.41. The molecule has 0 unspecified atom stereocenters. The van der Waals surface area contributed by atoms with Gasteiger partial charge in [-0.1, -0.05) is 38.1 Å². The number of carbonyl (C=O) groups is 2. The van der Waals surface area contributed by atoms with Crippen molar-refractivity contribution in [2.24, 2.45) is 5.92 Å². The van der Waals surface area contributed by atoms with Crippen LogP contribution >= 0.6 is 11.3 Å². The second kappa shape index (κ2) is 8.70.